The number of nitrogens with one attached hydrogen (secondary N) is 1. The Kier molecular flexibility index (Phi) is 7.74. The normalized spacial score (nSPS) is 11.9. The topological polar surface area (TPSA) is 69.0 Å². The highest BCUT2D eigenvalue weighted by molar-refractivity contribution is 7.99. The predicted molar refractivity (Wildman–Crippen MR) is 117 cm³/mol. The molecule has 0 spiro atoms. The Hall–Kier alpha value is -2.36. The van der Waals surface area contributed by atoms with E-state index < -0.39 is 17.7 Å². The maximum Gasteiger partial charge on any atom is 0.234 e. The summed E-state index contributed by atoms with van der Waals surface area (Å²) in [5, 5.41) is 12.0. The number of ether oxygens (including phenoxy) is 1. The van der Waals surface area contributed by atoms with Crippen molar-refractivity contribution < 1.29 is 18.3 Å². The van der Waals surface area contributed by atoms with Crippen LogP contribution < -0.4 is 10.1 Å². The average Bonchev–Trinajstić information content (AvgIpc) is 3.15. The Bertz CT molecular complexity index is 1100. The van der Waals surface area contributed by atoms with E-state index in [2.05, 4.69) is 15.5 Å². The number of carbonyl (C=O) groups is 1. The maximum absolute atomic E-state index is 13.9. The lowest BCUT2D eigenvalue weighted by Crippen LogP contribution is -2.16. The number of amides is 1. The van der Waals surface area contributed by atoms with Crippen LogP contribution in [0.3, 0.4) is 0 Å². The van der Waals surface area contributed by atoms with Crippen molar-refractivity contribution in [1.29, 1.82) is 0 Å². The third-order valence-electron chi connectivity index (χ3n) is 4.18. The van der Waals surface area contributed by atoms with Gasteiger partial charge in [-0.25, -0.2) is 8.78 Å². The Labute approximate surface area is 191 Å². The van der Waals surface area contributed by atoms with Crippen molar-refractivity contribution in [2.24, 2.45) is 0 Å². The van der Waals surface area contributed by atoms with Crippen LogP contribution in [0.25, 0.3) is 0 Å². The number of hydrogen-bond acceptors (Lipinski definition) is 5. The number of nitrogens with zero attached hydrogens (tertiary/aromatic N) is 3. The van der Waals surface area contributed by atoms with E-state index in [-0.39, 0.29) is 22.4 Å². The SMILES string of the molecule is CCn1c(SCC(=O)Nc2cccc(Cl)c2Cl)nnc1C(C)Oc1ccc(F)cc1F. The van der Waals surface area contributed by atoms with Crippen molar-refractivity contribution in [3.8, 4) is 5.75 Å². The Morgan fingerprint density at radius 2 is 2.03 bits per heavy atom. The van der Waals surface area contributed by atoms with Crippen LogP contribution in [-0.4, -0.2) is 26.4 Å². The smallest absolute Gasteiger partial charge is 0.234 e. The van der Waals surface area contributed by atoms with E-state index in [0.29, 0.717) is 28.2 Å². The number of aromatic nitrogens is 3. The molecule has 2 aromatic carbocycles. The molecule has 164 valence electrons. The van der Waals surface area contributed by atoms with Gasteiger partial charge >= 0.3 is 0 Å². The highest BCUT2D eigenvalue weighted by Gasteiger charge is 2.21. The van der Waals surface area contributed by atoms with Gasteiger partial charge in [0.2, 0.25) is 5.91 Å². The molecule has 1 N–H and O–H groups in total. The van der Waals surface area contributed by atoms with Crippen molar-refractivity contribution in [2.45, 2.75) is 31.7 Å². The summed E-state index contributed by atoms with van der Waals surface area (Å²) in [6.07, 6.45) is -0.652. The Morgan fingerprint density at radius 1 is 1.26 bits per heavy atom. The van der Waals surface area contributed by atoms with E-state index >= 15 is 0 Å². The summed E-state index contributed by atoms with van der Waals surface area (Å²) in [6, 6.07) is 8.04. The zero-order valence-corrected chi connectivity index (χ0v) is 18.9. The molecule has 0 saturated heterocycles. The summed E-state index contributed by atoms with van der Waals surface area (Å²) in [5.41, 5.74) is 0.417. The molecule has 0 aliphatic rings. The first kappa shape index (κ1) is 23.3. The Balaban J connectivity index is 1.66. The molecule has 1 heterocycles. The van der Waals surface area contributed by atoms with Gasteiger partial charge in [-0.1, -0.05) is 41.0 Å². The van der Waals surface area contributed by atoms with Crippen molar-refractivity contribution in [1.82, 2.24) is 14.8 Å². The van der Waals surface area contributed by atoms with Gasteiger partial charge < -0.3 is 14.6 Å². The van der Waals surface area contributed by atoms with Gasteiger partial charge in [-0.3, -0.25) is 4.79 Å². The summed E-state index contributed by atoms with van der Waals surface area (Å²) in [6.45, 7) is 4.07. The van der Waals surface area contributed by atoms with Gasteiger partial charge in [-0.2, -0.15) is 0 Å². The summed E-state index contributed by atoms with van der Waals surface area (Å²) < 4.78 is 34.3. The first-order chi connectivity index (χ1) is 14.8. The summed E-state index contributed by atoms with van der Waals surface area (Å²) in [5.74, 6) is -1.37. The van der Waals surface area contributed by atoms with E-state index in [0.717, 1.165) is 12.1 Å². The number of halogens is 4. The van der Waals surface area contributed by atoms with E-state index in [4.69, 9.17) is 27.9 Å². The van der Waals surface area contributed by atoms with Gasteiger partial charge in [-0.05, 0) is 38.1 Å². The van der Waals surface area contributed by atoms with Crippen molar-refractivity contribution in [2.75, 3.05) is 11.1 Å². The van der Waals surface area contributed by atoms with Crippen molar-refractivity contribution in [3.05, 3.63) is 63.9 Å². The molecular formula is C20H18Cl2F2N4O2S. The van der Waals surface area contributed by atoms with E-state index in [1.54, 1.807) is 29.7 Å². The van der Waals surface area contributed by atoms with Crippen LogP contribution in [0.2, 0.25) is 10.0 Å². The number of thioether (sulfide) groups is 1. The predicted octanol–water partition coefficient (Wildman–Crippen LogP) is 5.75. The number of hydrogen-bond donors (Lipinski definition) is 1. The molecule has 0 aliphatic heterocycles. The van der Waals surface area contributed by atoms with Crippen molar-refractivity contribution >= 4 is 46.6 Å². The molecule has 0 bridgehead atoms. The highest BCUT2D eigenvalue weighted by Crippen LogP contribution is 2.30. The second kappa shape index (κ2) is 10.3. The molecule has 3 aromatic rings. The molecule has 11 heteroatoms. The molecule has 0 fully saturated rings. The standard InChI is InChI=1S/C20H18Cl2F2N4O2S/c1-3-28-19(11(2)30-16-8-7-12(23)9-14(16)24)26-27-20(28)31-10-17(29)25-15-6-4-5-13(21)18(15)22/h4-9,11H,3,10H2,1-2H3,(H,25,29). The second-order valence-electron chi connectivity index (χ2n) is 6.36. The lowest BCUT2D eigenvalue weighted by atomic mass is 10.3. The molecule has 31 heavy (non-hydrogen) atoms. The number of benzene rings is 2. The van der Waals surface area contributed by atoms with Crippen LogP contribution >= 0.6 is 35.0 Å². The van der Waals surface area contributed by atoms with Gasteiger partial charge in [0.25, 0.3) is 0 Å². The molecule has 6 nitrogen and oxygen atoms in total. The molecular weight excluding hydrogens is 469 g/mol. The lowest BCUT2D eigenvalue weighted by Gasteiger charge is -2.16. The van der Waals surface area contributed by atoms with Crippen LogP contribution in [0.5, 0.6) is 5.75 Å². The molecule has 1 aromatic heterocycles. The minimum Gasteiger partial charge on any atom is -0.480 e. The minimum absolute atomic E-state index is 0.0583. The Morgan fingerprint density at radius 3 is 2.74 bits per heavy atom. The van der Waals surface area contributed by atoms with Gasteiger partial charge in [0.05, 0.1) is 21.5 Å². The first-order valence-electron chi connectivity index (χ1n) is 9.21. The molecule has 0 aliphatic carbocycles. The third-order valence-corrected chi connectivity index (χ3v) is 5.97. The lowest BCUT2D eigenvalue weighted by molar-refractivity contribution is -0.113. The van der Waals surface area contributed by atoms with Gasteiger partial charge in [0.15, 0.2) is 28.7 Å². The van der Waals surface area contributed by atoms with E-state index in [1.807, 2.05) is 6.92 Å². The van der Waals surface area contributed by atoms with Gasteiger partial charge in [-0.15, -0.1) is 10.2 Å². The molecule has 3 rings (SSSR count). The van der Waals surface area contributed by atoms with E-state index in [9.17, 15) is 13.6 Å². The van der Waals surface area contributed by atoms with Crippen LogP contribution in [-0.2, 0) is 11.3 Å². The number of rotatable bonds is 8. The van der Waals surface area contributed by atoms with E-state index in [1.165, 1.54) is 17.8 Å². The highest BCUT2D eigenvalue weighted by atomic mass is 35.5. The summed E-state index contributed by atoms with van der Waals surface area (Å²) >= 11 is 13.2. The zero-order valence-electron chi connectivity index (χ0n) is 16.5. The third kappa shape index (κ3) is 5.66. The number of anilines is 1. The molecule has 1 amide bonds. The van der Waals surface area contributed by atoms with Crippen LogP contribution in [0, 0.1) is 11.6 Å². The fourth-order valence-corrected chi connectivity index (χ4v) is 3.89. The molecule has 1 unspecified atom stereocenters. The second-order valence-corrected chi connectivity index (χ2v) is 8.09. The summed E-state index contributed by atoms with van der Waals surface area (Å²) in [7, 11) is 0. The molecule has 0 radical (unpaired) electrons. The monoisotopic (exact) mass is 486 g/mol. The zero-order chi connectivity index (χ0) is 22.5. The van der Waals surface area contributed by atoms with Gasteiger partial charge in [0.1, 0.15) is 5.82 Å². The average molecular weight is 487 g/mol. The molecule has 0 saturated carbocycles. The molecule has 1 atom stereocenters. The fraction of sp³-hybridized carbons (Fsp3) is 0.250. The minimum atomic E-state index is -0.805. The fourth-order valence-electron chi connectivity index (χ4n) is 2.74. The van der Waals surface area contributed by atoms with Crippen LogP contribution in [0.4, 0.5) is 14.5 Å². The number of carbonyl (C=O) groups excluding carboxylic acids is 1. The van der Waals surface area contributed by atoms with Gasteiger partial charge in [0, 0.05) is 12.6 Å². The largest absolute Gasteiger partial charge is 0.480 e. The van der Waals surface area contributed by atoms with Crippen molar-refractivity contribution in [3.63, 3.8) is 0 Å². The maximum atomic E-state index is 13.9. The van der Waals surface area contributed by atoms with Crippen LogP contribution in [0.15, 0.2) is 41.6 Å². The quantitative estimate of drug-likeness (QED) is 0.410. The summed E-state index contributed by atoms with van der Waals surface area (Å²) in [4.78, 5) is 12.3. The van der Waals surface area contributed by atoms with Crippen LogP contribution in [0.1, 0.15) is 25.8 Å². The first-order valence-corrected chi connectivity index (χ1v) is 11.0.